The highest BCUT2D eigenvalue weighted by molar-refractivity contribution is 7.39. The van der Waals surface area contributed by atoms with E-state index in [1.165, 1.54) is 38.5 Å². The van der Waals surface area contributed by atoms with Crippen molar-refractivity contribution >= 4 is 8.03 Å². The van der Waals surface area contributed by atoms with Gasteiger partial charge in [0.1, 0.15) is 0 Å². The molecule has 2 aliphatic rings. The molecule has 22 heavy (non-hydrogen) atoms. The Balaban J connectivity index is 1.85. The minimum absolute atomic E-state index is 0.230. The Labute approximate surface area is 136 Å². The largest absolute Gasteiger partial charge is 0.541 e. The first kappa shape index (κ1) is 18.3. The summed E-state index contributed by atoms with van der Waals surface area (Å²) >= 11 is 0. The van der Waals surface area contributed by atoms with E-state index in [9.17, 15) is 4.57 Å². The van der Waals surface area contributed by atoms with Crippen molar-refractivity contribution in [1.82, 2.24) is 0 Å². The molecule has 0 aromatic carbocycles. The Hall–Kier alpha value is -0.0200. The molecule has 2 rings (SSSR count). The molecule has 0 amide bonds. The van der Waals surface area contributed by atoms with Gasteiger partial charge in [0.15, 0.2) is 6.23 Å². The van der Waals surface area contributed by atoms with E-state index in [0.29, 0.717) is 0 Å². The fourth-order valence-electron chi connectivity index (χ4n) is 4.24. The van der Waals surface area contributed by atoms with E-state index in [-0.39, 0.29) is 11.9 Å². The molecule has 6 unspecified atom stereocenters. The lowest BCUT2D eigenvalue weighted by Crippen LogP contribution is -2.35. The zero-order chi connectivity index (χ0) is 16.1. The Kier molecular flexibility index (Phi) is 7.27. The molecule has 0 aliphatic heterocycles. The van der Waals surface area contributed by atoms with Crippen LogP contribution in [0.3, 0.4) is 0 Å². The summed E-state index contributed by atoms with van der Waals surface area (Å²) in [6, 6.07) is 0. The summed E-state index contributed by atoms with van der Waals surface area (Å²) in [6.07, 6.45) is 10.1. The van der Waals surface area contributed by atoms with Crippen molar-refractivity contribution in [2.24, 2.45) is 23.5 Å². The highest BCUT2D eigenvalue weighted by Crippen LogP contribution is 2.43. The highest BCUT2D eigenvalue weighted by atomic mass is 31.1. The molecule has 0 saturated heterocycles. The van der Waals surface area contributed by atoms with Gasteiger partial charge in [0, 0.05) is 6.92 Å². The molecule has 0 aromatic heterocycles. The fourth-order valence-corrected chi connectivity index (χ4v) is 5.01. The molecule has 0 spiro atoms. The molecule has 0 bridgehead atoms. The van der Waals surface area contributed by atoms with Gasteiger partial charge in [0.25, 0.3) is 5.85 Å². The van der Waals surface area contributed by atoms with Crippen molar-refractivity contribution < 1.29 is 13.8 Å². The van der Waals surface area contributed by atoms with Gasteiger partial charge in [-0.1, -0.05) is 39.0 Å². The SMILES string of the molecule is CC(N)O[P+](=O)C(C)OC1CCC(C)C(C2CCCCC2)C1. The maximum Gasteiger partial charge on any atom is 0.541 e. The molecule has 2 N–H and O–H groups in total. The van der Waals surface area contributed by atoms with Gasteiger partial charge in [-0.05, 0) is 48.5 Å². The van der Waals surface area contributed by atoms with Crippen molar-refractivity contribution in [3.63, 3.8) is 0 Å². The molecule has 4 nitrogen and oxygen atoms in total. The van der Waals surface area contributed by atoms with Gasteiger partial charge in [0.2, 0.25) is 0 Å². The van der Waals surface area contributed by atoms with Crippen LogP contribution in [0.25, 0.3) is 0 Å². The van der Waals surface area contributed by atoms with Crippen LogP contribution >= 0.6 is 8.03 Å². The third-order valence-electron chi connectivity index (χ3n) is 5.42. The number of rotatable bonds is 6. The van der Waals surface area contributed by atoms with Crippen LogP contribution in [0, 0.1) is 17.8 Å². The van der Waals surface area contributed by atoms with E-state index in [1.807, 2.05) is 6.92 Å². The topological polar surface area (TPSA) is 61.5 Å². The minimum Gasteiger partial charge on any atom is -0.330 e. The molecule has 2 aliphatic carbocycles. The smallest absolute Gasteiger partial charge is 0.330 e. The summed E-state index contributed by atoms with van der Waals surface area (Å²) in [5.74, 6) is 2.08. The maximum absolute atomic E-state index is 12.0. The van der Waals surface area contributed by atoms with Gasteiger partial charge < -0.3 is 10.5 Å². The summed E-state index contributed by atoms with van der Waals surface area (Å²) in [5.41, 5.74) is 5.54. The van der Waals surface area contributed by atoms with Gasteiger partial charge in [0.05, 0.1) is 6.10 Å². The first-order valence-electron chi connectivity index (χ1n) is 9.01. The second-order valence-corrected chi connectivity index (χ2v) is 8.81. The third-order valence-corrected chi connectivity index (χ3v) is 6.68. The van der Waals surface area contributed by atoms with Crippen LogP contribution in [0.1, 0.15) is 72.1 Å². The van der Waals surface area contributed by atoms with E-state index in [4.69, 9.17) is 15.0 Å². The zero-order valence-corrected chi connectivity index (χ0v) is 15.3. The van der Waals surface area contributed by atoms with Crippen molar-refractivity contribution in [3.05, 3.63) is 0 Å². The van der Waals surface area contributed by atoms with E-state index in [1.54, 1.807) is 6.92 Å². The van der Waals surface area contributed by atoms with Crippen LogP contribution in [-0.4, -0.2) is 18.2 Å². The van der Waals surface area contributed by atoms with E-state index >= 15 is 0 Å². The molecule has 0 aromatic rings. The number of hydrogen-bond acceptors (Lipinski definition) is 4. The van der Waals surface area contributed by atoms with Crippen molar-refractivity contribution in [2.45, 2.75) is 90.3 Å². The molecule has 6 atom stereocenters. The van der Waals surface area contributed by atoms with Crippen molar-refractivity contribution in [2.75, 3.05) is 0 Å². The zero-order valence-electron chi connectivity index (χ0n) is 14.4. The lowest BCUT2D eigenvalue weighted by atomic mass is 9.68. The molecular weight excluding hydrogens is 297 g/mol. The summed E-state index contributed by atoms with van der Waals surface area (Å²) in [6.45, 7) is 5.94. The summed E-state index contributed by atoms with van der Waals surface area (Å²) in [7, 11) is -1.84. The molecule has 2 saturated carbocycles. The molecule has 0 heterocycles. The monoisotopic (exact) mass is 330 g/mol. The quantitative estimate of drug-likeness (QED) is 0.561. The fraction of sp³-hybridized carbons (Fsp3) is 1.00. The first-order chi connectivity index (χ1) is 10.5. The Morgan fingerprint density at radius 3 is 2.41 bits per heavy atom. The summed E-state index contributed by atoms with van der Waals surface area (Å²) < 4.78 is 23.2. The third kappa shape index (κ3) is 5.26. The van der Waals surface area contributed by atoms with E-state index in [2.05, 4.69) is 6.92 Å². The number of ether oxygens (including phenoxy) is 1. The van der Waals surface area contributed by atoms with Gasteiger partial charge in [-0.2, -0.15) is 0 Å². The highest BCUT2D eigenvalue weighted by Gasteiger charge is 2.38. The molecule has 5 heteroatoms. The van der Waals surface area contributed by atoms with Gasteiger partial charge in [-0.15, -0.1) is 4.52 Å². The maximum atomic E-state index is 12.0. The minimum atomic E-state index is -1.84. The van der Waals surface area contributed by atoms with Crippen LogP contribution < -0.4 is 5.73 Å². The lowest BCUT2D eigenvalue weighted by molar-refractivity contribution is -0.0305. The summed E-state index contributed by atoms with van der Waals surface area (Å²) in [4.78, 5) is 0. The predicted molar refractivity (Wildman–Crippen MR) is 89.8 cm³/mol. The summed E-state index contributed by atoms with van der Waals surface area (Å²) in [5, 5.41) is 0. The van der Waals surface area contributed by atoms with Gasteiger partial charge in [-0.25, -0.2) is 0 Å². The first-order valence-corrected chi connectivity index (χ1v) is 10.3. The standard InChI is InChI=1S/C17H33NO3P/c1-12-9-10-16(20-14(3)22(19)21-13(2)18)11-17(12)15-7-5-4-6-8-15/h12-17H,4-11,18H2,1-3H3/q+1. The van der Waals surface area contributed by atoms with Crippen LogP contribution in [0.5, 0.6) is 0 Å². The van der Waals surface area contributed by atoms with Crippen LogP contribution in [0.15, 0.2) is 0 Å². The van der Waals surface area contributed by atoms with Crippen LogP contribution in [-0.2, 0) is 13.8 Å². The molecule has 128 valence electrons. The van der Waals surface area contributed by atoms with E-state index in [0.717, 1.165) is 30.6 Å². The average molecular weight is 330 g/mol. The molecule has 2 fully saturated rings. The average Bonchev–Trinajstić information content (AvgIpc) is 2.49. The second-order valence-electron chi connectivity index (χ2n) is 7.31. The van der Waals surface area contributed by atoms with Crippen molar-refractivity contribution in [1.29, 1.82) is 0 Å². The predicted octanol–water partition coefficient (Wildman–Crippen LogP) is 4.80. The normalized spacial score (nSPS) is 34.2. The molecule has 0 radical (unpaired) electrons. The van der Waals surface area contributed by atoms with Crippen LogP contribution in [0.2, 0.25) is 0 Å². The van der Waals surface area contributed by atoms with E-state index < -0.39 is 14.3 Å². The second kappa shape index (κ2) is 8.73. The Morgan fingerprint density at radius 2 is 1.77 bits per heavy atom. The van der Waals surface area contributed by atoms with Gasteiger partial charge >= 0.3 is 8.03 Å². The van der Waals surface area contributed by atoms with Crippen LogP contribution in [0.4, 0.5) is 0 Å². The van der Waals surface area contributed by atoms with Crippen molar-refractivity contribution in [3.8, 4) is 0 Å². The lowest BCUT2D eigenvalue weighted by Gasteiger charge is -2.40. The number of nitrogens with two attached hydrogens (primary N) is 1. The molecular formula is C17H33NO3P+. The Bertz CT molecular complexity index is 358. The number of hydrogen-bond donors (Lipinski definition) is 1. The van der Waals surface area contributed by atoms with Gasteiger partial charge in [-0.3, -0.25) is 0 Å². The Morgan fingerprint density at radius 1 is 1.09 bits per heavy atom.